The lowest BCUT2D eigenvalue weighted by atomic mass is 10.1. The van der Waals surface area contributed by atoms with Crippen molar-refractivity contribution in [2.75, 3.05) is 13.2 Å². The van der Waals surface area contributed by atoms with Crippen LogP contribution in [0.4, 0.5) is 0 Å². The maximum absolute atomic E-state index is 12.3. The van der Waals surface area contributed by atoms with Crippen LogP contribution < -0.4 is 5.32 Å². The molecule has 2 atom stereocenters. The molecule has 122 valence electrons. The summed E-state index contributed by atoms with van der Waals surface area (Å²) in [7, 11) is 0. The van der Waals surface area contributed by atoms with Crippen molar-refractivity contribution < 1.29 is 23.5 Å². The van der Waals surface area contributed by atoms with Crippen LogP contribution in [0.15, 0.2) is 22.8 Å². The van der Waals surface area contributed by atoms with Gasteiger partial charge in [0.1, 0.15) is 0 Å². The minimum Gasteiger partial charge on any atom is -0.457 e. The number of carbonyl (C=O) groups is 2. The number of hydrogen-bond donors (Lipinski definition) is 1. The molecule has 0 aromatic carbocycles. The number of ether oxygens (including phenoxy) is 2. The highest BCUT2D eigenvalue weighted by Gasteiger charge is 2.26. The van der Waals surface area contributed by atoms with Crippen LogP contribution in [0.3, 0.4) is 0 Å². The average Bonchev–Trinajstić information content (AvgIpc) is 3.16. The normalized spacial score (nSPS) is 19.1. The fraction of sp³-hybridized carbons (Fsp3) is 0.625. The van der Waals surface area contributed by atoms with Gasteiger partial charge >= 0.3 is 5.97 Å². The Balaban J connectivity index is 1.89. The van der Waals surface area contributed by atoms with Crippen molar-refractivity contribution in [2.24, 2.45) is 5.92 Å². The molecule has 1 aromatic rings. The Bertz CT molecular complexity index is 477. The van der Waals surface area contributed by atoms with E-state index in [-0.39, 0.29) is 23.7 Å². The molecule has 0 bridgehead atoms. The molecule has 1 aromatic heterocycles. The standard InChI is InChI=1S/C16H23NO5/c1-11(2)9-14(22-16(19)13-6-4-8-21-13)15(18)17-10-12-5-3-7-20-12/h4,6,8,11-12,14H,3,5,7,9-10H2,1-2H3,(H,17,18)/t12-,14+/m1/s1. The Morgan fingerprint density at radius 1 is 1.45 bits per heavy atom. The van der Waals surface area contributed by atoms with Crippen LogP contribution in [0.2, 0.25) is 0 Å². The molecule has 1 fully saturated rings. The first-order valence-electron chi connectivity index (χ1n) is 7.70. The lowest BCUT2D eigenvalue weighted by Crippen LogP contribution is -2.41. The molecule has 6 heteroatoms. The van der Waals surface area contributed by atoms with Gasteiger partial charge in [-0.25, -0.2) is 4.79 Å². The van der Waals surface area contributed by atoms with Crippen LogP contribution in [0.1, 0.15) is 43.7 Å². The van der Waals surface area contributed by atoms with Crippen LogP contribution >= 0.6 is 0 Å². The predicted molar refractivity (Wildman–Crippen MR) is 79.4 cm³/mol. The Morgan fingerprint density at radius 3 is 2.86 bits per heavy atom. The van der Waals surface area contributed by atoms with E-state index in [0.29, 0.717) is 13.0 Å². The summed E-state index contributed by atoms with van der Waals surface area (Å²) >= 11 is 0. The van der Waals surface area contributed by atoms with E-state index in [1.165, 1.54) is 12.3 Å². The van der Waals surface area contributed by atoms with E-state index < -0.39 is 12.1 Å². The van der Waals surface area contributed by atoms with Crippen LogP contribution in [0.25, 0.3) is 0 Å². The van der Waals surface area contributed by atoms with E-state index in [9.17, 15) is 9.59 Å². The van der Waals surface area contributed by atoms with Gasteiger partial charge in [-0.3, -0.25) is 4.79 Å². The van der Waals surface area contributed by atoms with E-state index in [1.807, 2.05) is 13.8 Å². The minimum atomic E-state index is -0.820. The van der Waals surface area contributed by atoms with Crippen LogP contribution in [0.5, 0.6) is 0 Å². The van der Waals surface area contributed by atoms with Gasteiger partial charge in [0.05, 0.1) is 12.4 Å². The number of rotatable bonds is 7. The molecule has 1 aliphatic rings. The second-order valence-corrected chi connectivity index (χ2v) is 5.88. The Kier molecular flexibility index (Phi) is 6.00. The Hall–Kier alpha value is -1.82. The van der Waals surface area contributed by atoms with Crippen molar-refractivity contribution in [3.63, 3.8) is 0 Å². The van der Waals surface area contributed by atoms with Crippen molar-refractivity contribution in [2.45, 2.75) is 45.3 Å². The fourth-order valence-corrected chi connectivity index (χ4v) is 2.35. The summed E-state index contributed by atoms with van der Waals surface area (Å²) in [6, 6.07) is 3.12. The van der Waals surface area contributed by atoms with Gasteiger partial charge in [0, 0.05) is 13.2 Å². The van der Waals surface area contributed by atoms with Gasteiger partial charge in [-0.05, 0) is 37.3 Å². The van der Waals surface area contributed by atoms with Crippen LogP contribution in [-0.2, 0) is 14.3 Å². The summed E-state index contributed by atoms with van der Waals surface area (Å²) in [5.74, 6) is -0.587. The molecule has 1 aliphatic heterocycles. The molecule has 1 amide bonds. The molecule has 0 radical (unpaired) electrons. The third-order valence-electron chi connectivity index (χ3n) is 3.48. The average molecular weight is 309 g/mol. The minimum absolute atomic E-state index is 0.0597. The molecule has 2 rings (SSSR count). The largest absolute Gasteiger partial charge is 0.457 e. The highest BCUT2D eigenvalue weighted by Crippen LogP contribution is 2.14. The van der Waals surface area contributed by atoms with Crippen molar-refractivity contribution in [3.05, 3.63) is 24.2 Å². The van der Waals surface area contributed by atoms with Gasteiger partial charge in [0.15, 0.2) is 6.10 Å². The number of nitrogens with one attached hydrogen (secondary N) is 1. The van der Waals surface area contributed by atoms with Crippen molar-refractivity contribution >= 4 is 11.9 Å². The maximum Gasteiger partial charge on any atom is 0.374 e. The third-order valence-corrected chi connectivity index (χ3v) is 3.48. The van der Waals surface area contributed by atoms with E-state index in [2.05, 4.69) is 5.32 Å². The van der Waals surface area contributed by atoms with Crippen LogP contribution in [0, 0.1) is 5.92 Å². The highest BCUT2D eigenvalue weighted by atomic mass is 16.6. The quantitative estimate of drug-likeness (QED) is 0.781. The third kappa shape index (κ3) is 4.87. The van der Waals surface area contributed by atoms with E-state index in [1.54, 1.807) is 6.07 Å². The number of esters is 1. The van der Waals surface area contributed by atoms with Gasteiger partial charge in [0.2, 0.25) is 5.76 Å². The van der Waals surface area contributed by atoms with Gasteiger partial charge in [-0.1, -0.05) is 13.8 Å². The van der Waals surface area contributed by atoms with Gasteiger partial charge in [0.25, 0.3) is 5.91 Å². The van der Waals surface area contributed by atoms with Gasteiger partial charge in [-0.2, -0.15) is 0 Å². The number of carbonyl (C=O) groups excluding carboxylic acids is 2. The molecule has 6 nitrogen and oxygen atoms in total. The zero-order valence-electron chi connectivity index (χ0n) is 13.0. The lowest BCUT2D eigenvalue weighted by Gasteiger charge is -2.20. The van der Waals surface area contributed by atoms with Gasteiger partial charge in [-0.15, -0.1) is 0 Å². The Morgan fingerprint density at radius 2 is 2.27 bits per heavy atom. The molecule has 0 spiro atoms. The highest BCUT2D eigenvalue weighted by molar-refractivity contribution is 5.90. The summed E-state index contributed by atoms with van der Waals surface area (Å²) < 4.78 is 15.8. The SMILES string of the molecule is CC(C)C[C@H](OC(=O)c1ccco1)C(=O)NC[C@H]1CCCO1. The zero-order chi connectivity index (χ0) is 15.9. The number of amides is 1. The molecule has 22 heavy (non-hydrogen) atoms. The fourth-order valence-electron chi connectivity index (χ4n) is 2.35. The van der Waals surface area contributed by atoms with Gasteiger partial charge < -0.3 is 19.2 Å². The molecular formula is C16H23NO5. The second-order valence-electron chi connectivity index (χ2n) is 5.88. The summed E-state index contributed by atoms with van der Waals surface area (Å²) in [6.45, 7) is 5.14. The molecule has 0 aliphatic carbocycles. The maximum atomic E-state index is 12.3. The summed E-state index contributed by atoms with van der Waals surface area (Å²) in [5.41, 5.74) is 0. The number of furan rings is 1. The molecule has 2 heterocycles. The second kappa shape index (κ2) is 7.98. The van der Waals surface area contributed by atoms with E-state index in [0.717, 1.165) is 19.4 Å². The van der Waals surface area contributed by atoms with E-state index >= 15 is 0 Å². The smallest absolute Gasteiger partial charge is 0.374 e. The van der Waals surface area contributed by atoms with E-state index in [4.69, 9.17) is 13.9 Å². The number of hydrogen-bond acceptors (Lipinski definition) is 5. The predicted octanol–water partition coefficient (Wildman–Crippen LogP) is 2.15. The topological polar surface area (TPSA) is 77.8 Å². The van der Waals surface area contributed by atoms with Crippen molar-refractivity contribution in [3.8, 4) is 0 Å². The summed E-state index contributed by atoms with van der Waals surface area (Å²) in [5, 5.41) is 2.81. The van der Waals surface area contributed by atoms with Crippen molar-refractivity contribution in [1.29, 1.82) is 0 Å². The summed E-state index contributed by atoms with van der Waals surface area (Å²) in [6.07, 6.45) is 3.06. The molecular weight excluding hydrogens is 286 g/mol. The molecule has 0 saturated carbocycles. The first-order valence-corrected chi connectivity index (χ1v) is 7.70. The van der Waals surface area contributed by atoms with Crippen molar-refractivity contribution in [1.82, 2.24) is 5.32 Å². The first kappa shape index (κ1) is 16.5. The first-order chi connectivity index (χ1) is 10.6. The Labute approximate surface area is 130 Å². The molecule has 1 N–H and O–H groups in total. The molecule has 0 unspecified atom stereocenters. The zero-order valence-corrected chi connectivity index (χ0v) is 13.0. The summed E-state index contributed by atoms with van der Waals surface area (Å²) in [4.78, 5) is 24.2. The molecule has 1 saturated heterocycles. The van der Waals surface area contributed by atoms with Crippen LogP contribution in [-0.4, -0.2) is 37.2 Å². The lowest BCUT2D eigenvalue weighted by molar-refractivity contribution is -0.131. The monoisotopic (exact) mass is 309 g/mol.